The van der Waals surface area contributed by atoms with E-state index >= 15 is 0 Å². The van der Waals surface area contributed by atoms with E-state index in [0.29, 0.717) is 6.42 Å². The maximum absolute atomic E-state index is 11.1. The second kappa shape index (κ2) is 4.39. The summed E-state index contributed by atoms with van der Waals surface area (Å²) in [7, 11) is 1.42. The first-order valence-electron chi connectivity index (χ1n) is 5.35. The van der Waals surface area contributed by atoms with Gasteiger partial charge in [0.1, 0.15) is 0 Å². The van der Waals surface area contributed by atoms with Crippen molar-refractivity contribution in [1.82, 2.24) is 4.40 Å². The zero-order valence-corrected chi connectivity index (χ0v) is 9.56. The molecule has 2 aromatic rings. The third-order valence-electron chi connectivity index (χ3n) is 2.80. The fraction of sp³-hybridized carbons (Fsp3) is 0.308. The van der Waals surface area contributed by atoms with E-state index in [2.05, 4.69) is 28.2 Å². The molecule has 0 radical (unpaired) electrons. The molecular formula is C13H15NO2. The van der Waals surface area contributed by atoms with Gasteiger partial charge >= 0.3 is 5.97 Å². The third kappa shape index (κ3) is 1.94. The van der Waals surface area contributed by atoms with E-state index in [9.17, 15) is 4.79 Å². The molecule has 0 fully saturated rings. The molecule has 0 saturated heterocycles. The van der Waals surface area contributed by atoms with Crippen LogP contribution in [0.4, 0.5) is 0 Å². The lowest BCUT2D eigenvalue weighted by Gasteiger charge is -2.03. The molecule has 0 N–H and O–H groups in total. The number of methoxy groups -OCH3 is 1. The number of carbonyl (C=O) groups is 1. The molecular weight excluding hydrogens is 202 g/mol. The summed E-state index contributed by atoms with van der Waals surface area (Å²) in [6.45, 7) is 2.07. The zero-order chi connectivity index (χ0) is 11.5. The van der Waals surface area contributed by atoms with Crippen LogP contribution >= 0.6 is 0 Å². The Kier molecular flexibility index (Phi) is 2.95. The Balaban J connectivity index is 2.29. The van der Waals surface area contributed by atoms with Crippen molar-refractivity contribution in [2.45, 2.75) is 19.8 Å². The van der Waals surface area contributed by atoms with Crippen LogP contribution in [-0.2, 0) is 16.0 Å². The van der Waals surface area contributed by atoms with Crippen LogP contribution in [0, 0.1) is 6.92 Å². The largest absolute Gasteiger partial charge is 0.469 e. The number of hydrogen-bond donors (Lipinski definition) is 0. The van der Waals surface area contributed by atoms with Gasteiger partial charge in [0, 0.05) is 17.4 Å². The molecule has 0 amide bonds. The maximum atomic E-state index is 11.1. The van der Waals surface area contributed by atoms with E-state index in [1.807, 2.05) is 18.3 Å². The molecule has 0 aliphatic carbocycles. The normalized spacial score (nSPS) is 10.6. The minimum atomic E-state index is -0.162. The van der Waals surface area contributed by atoms with Crippen molar-refractivity contribution in [3.8, 4) is 0 Å². The number of esters is 1. The Labute approximate surface area is 94.6 Å². The highest BCUT2D eigenvalue weighted by atomic mass is 16.5. The van der Waals surface area contributed by atoms with Crippen LogP contribution in [0.1, 0.15) is 17.7 Å². The van der Waals surface area contributed by atoms with Gasteiger partial charge in [-0.05, 0) is 37.1 Å². The molecule has 0 aromatic carbocycles. The monoisotopic (exact) mass is 217 g/mol. The minimum Gasteiger partial charge on any atom is -0.469 e. The minimum absolute atomic E-state index is 0.162. The summed E-state index contributed by atoms with van der Waals surface area (Å²) in [5, 5.41) is 0. The number of aromatic nitrogens is 1. The van der Waals surface area contributed by atoms with E-state index < -0.39 is 0 Å². The summed E-state index contributed by atoms with van der Waals surface area (Å²) in [5.74, 6) is -0.162. The summed E-state index contributed by atoms with van der Waals surface area (Å²) in [6.07, 6.45) is 3.17. The lowest BCUT2D eigenvalue weighted by atomic mass is 10.2. The molecule has 2 aromatic heterocycles. The van der Waals surface area contributed by atoms with E-state index in [4.69, 9.17) is 0 Å². The topological polar surface area (TPSA) is 30.7 Å². The molecule has 84 valence electrons. The predicted octanol–water partition coefficient (Wildman–Crippen LogP) is 2.35. The summed E-state index contributed by atoms with van der Waals surface area (Å²) in [5.41, 5.74) is 3.57. The number of carbonyl (C=O) groups excluding carboxylic acids is 1. The summed E-state index contributed by atoms with van der Waals surface area (Å²) >= 11 is 0. The number of pyridine rings is 1. The van der Waals surface area contributed by atoms with Gasteiger partial charge in [-0.25, -0.2) is 0 Å². The van der Waals surface area contributed by atoms with Gasteiger partial charge in [-0.2, -0.15) is 0 Å². The number of nitrogens with zero attached hydrogens (tertiary/aromatic N) is 1. The van der Waals surface area contributed by atoms with E-state index in [0.717, 1.165) is 6.42 Å². The molecule has 2 rings (SSSR count). The Morgan fingerprint density at radius 2 is 2.25 bits per heavy atom. The Morgan fingerprint density at radius 1 is 1.44 bits per heavy atom. The van der Waals surface area contributed by atoms with E-state index in [1.165, 1.54) is 23.9 Å². The maximum Gasteiger partial charge on any atom is 0.305 e. The van der Waals surface area contributed by atoms with Crippen LogP contribution in [0.5, 0.6) is 0 Å². The van der Waals surface area contributed by atoms with Crippen LogP contribution in [0.3, 0.4) is 0 Å². The molecule has 3 heteroatoms. The molecule has 0 unspecified atom stereocenters. The van der Waals surface area contributed by atoms with Gasteiger partial charge in [0.2, 0.25) is 0 Å². The zero-order valence-electron chi connectivity index (χ0n) is 9.56. The first kappa shape index (κ1) is 10.7. The first-order chi connectivity index (χ1) is 7.72. The van der Waals surface area contributed by atoms with Gasteiger partial charge in [0.15, 0.2) is 0 Å². The Bertz CT molecular complexity index is 514. The quantitative estimate of drug-likeness (QED) is 0.739. The summed E-state index contributed by atoms with van der Waals surface area (Å²) in [6, 6.07) is 8.20. The molecule has 0 bridgehead atoms. The van der Waals surface area contributed by atoms with Crippen LogP contribution in [0.15, 0.2) is 30.5 Å². The molecule has 0 aliphatic rings. The number of aryl methyl sites for hydroxylation is 2. The van der Waals surface area contributed by atoms with Gasteiger partial charge in [0.25, 0.3) is 0 Å². The van der Waals surface area contributed by atoms with Gasteiger partial charge in [-0.15, -0.1) is 0 Å². The molecule has 0 atom stereocenters. The fourth-order valence-corrected chi connectivity index (χ4v) is 1.96. The molecule has 2 heterocycles. The molecule has 0 spiro atoms. The first-order valence-corrected chi connectivity index (χ1v) is 5.35. The summed E-state index contributed by atoms with van der Waals surface area (Å²) < 4.78 is 6.78. The smallest absolute Gasteiger partial charge is 0.305 e. The third-order valence-corrected chi connectivity index (χ3v) is 2.80. The molecule has 0 aliphatic heterocycles. The average molecular weight is 217 g/mol. The predicted molar refractivity (Wildman–Crippen MR) is 62.5 cm³/mol. The number of rotatable bonds is 3. The SMILES string of the molecule is COC(=O)CCc1c(C)cc2ccccn12. The summed E-state index contributed by atoms with van der Waals surface area (Å²) in [4.78, 5) is 11.1. The second-order valence-corrected chi connectivity index (χ2v) is 3.85. The van der Waals surface area contributed by atoms with Crippen molar-refractivity contribution in [3.05, 3.63) is 41.7 Å². The Morgan fingerprint density at radius 3 is 3.00 bits per heavy atom. The van der Waals surface area contributed by atoms with E-state index in [-0.39, 0.29) is 5.97 Å². The van der Waals surface area contributed by atoms with Crippen molar-refractivity contribution < 1.29 is 9.53 Å². The highest BCUT2D eigenvalue weighted by molar-refractivity contribution is 5.69. The standard InChI is InChI=1S/C13H15NO2/c1-10-9-11-5-3-4-8-14(11)12(10)6-7-13(15)16-2/h3-5,8-9H,6-7H2,1-2H3. The molecule has 0 saturated carbocycles. The highest BCUT2D eigenvalue weighted by Crippen LogP contribution is 2.17. The van der Waals surface area contributed by atoms with Crippen molar-refractivity contribution in [3.63, 3.8) is 0 Å². The van der Waals surface area contributed by atoms with E-state index in [1.54, 1.807) is 0 Å². The van der Waals surface area contributed by atoms with Crippen LogP contribution < -0.4 is 0 Å². The number of hydrogen-bond acceptors (Lipinski definition) is 2. The lowest BCUT2D eigenvalue weighted by molar-refractivity contribution is -0.140. The van der Waals surface area contributed by atoms with Crippen molar-refractivity contribution in [2.24, 2.45) is 0 Å². The number of fused-ring (bicyclic) bond motifs is 1. The van der Waals surface area contributed by atoms with Crippen LogP contribution in [0.2, 0.25) is 0 Å². The number of ether oxygens (including phenoxy) is 1. The van der Waals surface area contributed by atoms with Crippen molar-refractivity contribution in [1.29, 1.82) is 0 Å². The Hall–Kier alpha value is -1.77. The fourth-order valence-electron chi connectivity index (χ4n) is 1.96. The van der Waals surface area contributed by atoms with Crippen molar-refractivity contribution in [2.75, 3.05) is 7.11 Å². The van der Waals surface area contributed by atoms with Gasteiger partial charge in [-0.3, -0.25) is 4.79 Å². The van der Waals surface area contributed by atoms with Crippen LogP contribution in [0.25, 0.3) is 5.52 Å². The highest BCUT2D eigenvalue weighted by Gasteiger charge is 2.08. The van der Waals surface area contributed by atoms with Crippen molar-refractivity contribution >= 4 is 11.5 Å². The van der Waals surface area contributed by atoms with Gasteiger partial charge < -0.3 is 9.14 Å². The average Bonchev–Trinajstić information content (AvgIpc) is 2.62. The van der Waals surface area contributed by atoms with Gasteiger partial charge in [0.05, 0.1) is 13.5 Å². The van der Waals surface area contributed by atoms with Crippen LogP contribution in [-0.4, -0.2) is 17.5 Å². The lowest BCUT2D eigenvalue weighted by Crippen LogP contribution is -2.04. The molecule has 16 heavy (non-hydrogen) atoms. The molecule has 3 nitrogen and oxygen atoms in total. The van der Waals surface area contributed by atoms with Gasteiger partial charge in [-0.1, -0.05) is 6.07 Å². The second-order valence-electron chi connectivity index (χ2n) is 3.85.